The second-order valence-electron chi connectivity index (χ2n) is 4.94. The van der Waals surface area contributed by atoms with Crippen LogP contribution < -0.4 is 0 Å². The molecule has 92 valence electrons. The molecule has 1 aliphatic carbocycles. The maximum atomic E-state index is 9.52. The van der Waals surface area contributed by atoms with Crippen molar-refractivity contribution in [1.29, 1.82) is 0 Å². The van der Waals surface area contributed by atoms with Crippen LogP contribution in [0, 0.1) is 6.92 Å². The zero-order chi connectivity index (χ0) is 12.5. The van der Waals surface area contributed by atoms with Gasteiger partial charge in [0.05, 0.1) is 0 Å². The number of phenolic OH excluding ortho intramolecular Hbond substituents is 1. The van der Waals surface area contributed by atoms with E-state index in [-0.39, 0.29) is 5.75 Å². The van der Waals surface area contributed by atoms with Gasteiger partial charge >= 0.3 is 0 Å². The summed E-state index contributed by atoms with van der Waals surface area (Å²) in [6.07, 6.45) is 3.76. The van der Waals surface area contributed by atoms with Gasteiger partial charge in [0, 0.05) is 22.9 Å². The Morgan fingerprint density at radius 2 is 2.00 bits per heavy atom. The van der Waals surface area contributed by atoms with Gasteiger partial charge in [-0.2, -0.15) is 0 Å². The monoisotopic (exact) mass is 240 g/mol. The predicted octanol–water partition coefficient (Wildman–Crippen LogP) is 3.43. The van der Waals surface area contributed by atoms with Crippen molar-refractivity contribution in [3.8, 4) is 17.1 Å². The van der Waals surface area contributed by atoms with Crippen LogP contribution >= 0.6 is 0 Å². The lowest BCUT2D eigenvalue weighted by atomic mass is 9.82. The standard InChI is InChI=1S/C15H16N2O/c1-10-8-14(11-4-2-5-11)17-15(16-10)12-6-3-7-13(18)9-12/h3,6-9,11,18H,2,4-5H2,1H3. The van der Waals surface area contributed by atoms with E-state index in [1.54, 1.807) is 12.1 Å². The van der Waals surface area contributed by atoms with Crippen molar-refractivity contribution in [2.75, 3.05) is 0 Å². The minimum absolute atomic E-state index is 0.253. The molecule has 1 N–H and O–H groups in total. The minimum atomic E-state index is 0.253. The number of rotatable bonds is 2. The highest BCUT2D eigenvalue weighted by molar-refractivity contribution is 5.57. The number of aryl methyl sites for hydroxylation is 1. The Morgan fingerprint density at radius 3 is 2.67 bits per heavy atom. The highest BCUT2D eigenvalue weighted by Crippen LogP contribution is 2.36. The zero-order valence-corrected chi connectivity index (χ0v) is 10.4. The number of aromatic hydroxyl groups is 1. The summed E-state index contributed by atoms with van der Waals surface area (Å²) >= 11 is 0. The van der Waals surface area contributed by atoms with Gasteiger partial charge in [0.2, 0.25) is 0 Å². The summed E-state index contributed by atoms with van der Waals surface area (Å²) in [4.78, 5) is 9.11. The van der Waals surface area contributed by atoms with Crippen LogP contribution in [-0.4, -0.2) is 15.1 Å². The van der Waals surface area contributed by atoms with Crippen LogP contribution in [0.5, 0.6) is 5.75 Å². The van der Waals surface area contributed by atoms with E-state index in [0.717, 1.165) is 17.0 Å². The summed E-state index contributed by atoms with van der Waals surface area (Å²) in [6.45, 7) is 2.00. The number of hydrogen-bond donors (Lipinski definition) is 1. The van der Waals surface area contributed by atoms with E-state index in [0.29, 0.717) is 11.7 Å². The smallest absolute Gasteiger partial charge is 0.159 e. The molecule has 3 heteroatoms. The first-order chi connectivity index (χ1) is 8.72. The fraction of sp³-hybridized carbons (Fsp3) is 0.333. The molecule has 0 spiro atoms. The summed E-state index contributed by atoms with van der Waals surface area (Å²) in [5.41, 5.74) is 3.01. The first kappa shape index (κ1) is 11.2. The molecule has 1 fully saturated rings. The van der Waals surface area contributed by atoms with Crippen molar-refractivity contribution >= 4 is 0 Å². The maximum Gasteiger partial charge on any atom is 0.159 e. The topological polar surface area (TPSA) is 46.0 Å². The van der Waals surface area contributed by atoms with Gasteiger partial charge in [0.15, 0.2) is 5.82 Å². The van der Waals surface area contributed by atoms with Gasteiger partial charge in [0.25, 0.3) is 0 Å². The lowest BCUT2D eigenvalue weighted by Gasteiger charge is -2.25. The van der Waals surface area contributed by atoms with E-state index in [4.69, 9.17) is 0 Å². The van der Waals surface area contributed by atoms with Crippen molar-refractivity contribution in [1.82, 2.24) is 9.97 Å². The Bertz CT molecular complexity index is 576. The van der Waals surface area contributed by atoms with E-state index in [1.165, 1.54) is 19.3 Å². The quantitative estimate of drug-likeness (QED) is 0.874. The van der Waals surface area contributed by atoms with Crippen LogP contribution in [0.2, 0.25) is 0 Å². The van der Waals surface area contributed by atoms with Gasteiger partial charge in [-0.25, -0.2) is 9.97 Å². The Morgan fingerprint density at radius 1 is 1.17 bits per heavy atom. The van der Waals surface area contributed by atoms with Gasteiger partial charge < -0.3 is 5.11 Å². The molecular weight excluding hydrogens is 224 g/mol. The third-order valence-electron chi connectivity index (χ3n) is 3.50. The highest BCUT2D eigenvalue weighted by Gasteiger charge is 2.21. The Balaban J connectivity index is 2.03. The minimum Gasteiger partial charge on any atom is -0.508 e. The second kappa shape index (κ2) is 4.41. The molecule has 0 radical (unpaired) electrons. The van der Waals surface area contributed by atoms with Gasteiger partial charge in [-0.05, 0) is 38.0 Å². The average molecular weight is 240 g/mol. The molecule has 18 heavy (non-hydrogen) atoms. The number of nitrogens with zero attached hydrogens (tertiary/aromatic N) is 2. The Kier molecular flexibility index (Phi) is 2.74. The molecule has 3 nitrogen and oxygen atoms in total. The lowest BCUT2D eigenvalue weighted by molar-refractivity contribution is 0.410. The van der Waals surface area contributed by atoms with Crippen LogP contribution in [-0.2, 0) is 0 Å². The van der Waals surface area contributed by atoms with Crippen LogP contribution in [0.4, 0.5) is 0 Å². The SMILES string of the molecule is Cc1cc(C2CCC2)nc(-c2cccc(O)c2)n1. The summed E-state index contributed by atoms with van der Waals surface area (Å²) in [6, 6.07) is 9.19. The number of phenols is 1. The molecular formula is C15H16N2O. The molecule has 0 amide bonds. The Hall–Kier alpha value is -1.90. The molecule has 1 aromatic heterocycles. The predicted molar refractivity (Wildman–Crippen MR) is 70.5 cm³/mol. The number of aromatic nitrogens is 2. The van der Waals surface area contributed by atoms with Crippen molar-refractivity contribution in [2.24, 2.45) is 0 Å². The highest BCUT2D eigenvalue weighted by atomic mass is 16.3. The molecule has 0 saturated heterocycles. The average Bonchev–Trinajstić information content (AvgIpc) is 2.26. The van der Waals surface area contributed by atoms with Gasteiger partial charge in [-0.1, -0.05) is 18.6 Å². The fourth-order valence-electron chi connectivity index (χ4n) is 2.28. The molecule has 0 atom stereocenters. The second-order valence-corrected chi connectivity index (χ2v) is 4.94. The molecule has 1 aliphatic rings. The van der Waals surface area contributed by atoms with Crippen molar-refractivity contribution in [2.45, 2.75) is 32.1 Å². The lowest BCUT2D eigenvalue weighted by Crippen LogP contribution is -2.12. The molecule has 0 unspecified atom stereocenters. The fourth-order valence-corrected chi connectivity index (χ4v) is 2.28. The van der Waals surface area contributed by atoms with Crippen LogP contribution in [0.25, 0.3) is 11.4 Å². The largest absolute Gasteiger partial charge is 0.508 e. The van der Waals surface area contributed by atoms with Gasteiger partial charge in [0.1, 0.15) is 5.75 Å². The molecule has 1 heterocycles. The molecule has 1 saturated carbocycles. The van der Waals surface area contributed by atoms with E-state index in [1.807, 2.05) is 19.1 Å². The molecule has 2 aromatic rings. The van der Waals surface area contributed by atoms with Crippen molar-refractivity contribution in [3.63, 3.8) is 0 Å². The first-order valence-corrected chi connectivity index (χ1v) is 6.37. The number of benzene rings is 1. The van der Waals surface area contributed by atoms with E-state index >= 15 is 0 Å². The maximum absolute atomic E-state index is 9.52. The third-order valence-corrected chi connectivity index (χ3v) is 3.50. The number of hydrogen-bond acceptors (Lipinski definition) is 3. The normalized spacial score (nSPS) is 15.4. The van der Waals surface area contributed by atoms with E-state index < -0.39 is 0 Å². The Labute approximate surface area is 107 Å². The van der Waals surface area contributed by atoms with Crippen LogP contribution in [0.1, 0.15) is 36.6 Å². The molecule has 0 aliphatic heterocycles. The molecule has 0 bridgehead atoms. The van der Waals surface area contributed by atoms with Crippen molar-refractivity contribution in [3.05, 3.63) is 41.7 Å². The third kappa shape index (κ3) is 2.08. The van der Waals surface area contributed by atoms with Gasteiger partial charge in [-0.3, -0.25) is 0 Å². The van der Waals surface area contributed by atoms with Crippen molar-refractivity contribution < 1.29 is 5.11 Å². The summed E-state index contributed by atoms with van der Waals surface area (Å²) in [7, 11) is 0. The van der Waals surface area contributed by atoms with Gasteiger partial charge in [-0.15, -0.1) is 0 Å². The van der Waals surface area contributed by atoms with E-state index in [2.05, 4.69) is 16.0 Å². The summed E-state index contributed by atoms with van der Waals surface area (Å²) in [5.74, 6) is 1.57. The van der Waals surface area contributed by atoms with Crippen LogP contribution in [0.3, 0.4) is 0 Å². The van der Waals surface area contributed by atoms with E-state index in [9.17, 15) is 5.11 Å². The molecule has 3 rings (SSSR count). The summed E-state index contributed by atoms with van der Waals surface area (Å²) < 4.78 is 0. The zero-order valence-electron chi connectivity index (χ0n) is 10.4. The summed E-state index contributed by atoms with van der Waals surface area (Å²) in [5, 5.41) is 9.52. The first-order valence-electron chi connectivity index (χ1n) is 6.37. The van der Waals surface area contributed by atoms with Crippen LogP contribution in [0.15, 0.2) is 30.3 Å². The molecule has 1 aromatic carbocycles.